The van der Waals surface area contributed by atoms with Crippen molar-refractivity contribution >= 4 is 0 Å². The molecule has 2 heteroatoms. The third-order valence-corrected chi connectivity index (χ3v) is 3.23. The lowest BCUT2D eigenvalue weighted by molar-refractivity contribution is 0.503. The molecule has 0 bridgehead atoms. The van der Waals surface area contributed by atoms with Gasteiger partial charge in [0.2, 0.25) is 0 Å². The van der Waals surface area contributed by atoms with Gasteiger partial charge in [0.25, 0.3) is 0 Å². The van der Waals surface area contributed by atoms with Gasteiger partial charge in [-0.25, -0.2) is 0 Å². The highest BCUT2D eigenvalue weighted by Crippen LogP contribution is 2.43. The standard InChI is InChI=1S/C11H18N2/c1-10-9-11(10,12)5-4-8-13-6-2-3-7-13/h2-3,6-7,10H,4-5,8-9,12H2,1H3. The largest absolute Gasteiger partial charge is 0.354 e. The fourth-order valence-corrected chi connectivity index (χ4v) is 1.97. The van der Waals surface area contributed by atoms with Gasteiger partial charge in [-0.3, -0.25) is 0 Å². The minimum absolute atomic E-state index is 0.188. The molecule has 1 aromatic heterocycles. The third-order valence-electron chi connectivity index (χ3n) is 3.23. The molecule has 2 rings (SSSR count). The van der Waals surface area contributed by atoms with E-state index in [0.717, 1.165) is 12.5 Å². The van der Waals surface area contributed by atoms with E-state index in [1.165, 1.54) is 19.3 Å². The summed E-state index contributed by atoms with van der Waals surface area (Å²) in [4.78, 5) is 0. The minimum Gasteiger partial charge on any atom is -0.354 e. The molecule has 0 spiro atoms. The van der Waals surface area contributed by atoms with Crippen LogP contribution in [0.15, 0.2) is 24.5 Å². The van der Waals surface area contributed by atoms with Crippen molar-refractivity contribution in [2.45, 2.75) is 38.3 Å². The van der Waals surface area contributed by atoms with Gasteiger partial charge in [-0.15, -0.1) is 0 Å². The summed E-state index contributed by atoms with van der Waals surface area (Å²) >= 11 is 0. The van der Waals surface area contributed by atoms with E-state index in [4.69, 9.17) is 5.73 Å². The van der Waals surface area contributed by atoms with Gasteiger partial charge < -0.3 is 10.3 Å². The molecular weight excluding hydrogens is 160 g/mol. The summed E-state index contributed by atoms with van der Waals surface area (Å²) in [6.45, 7) is 3.36. The van der Waals surface area contributed by atoms with Crippen LogP contribution in [0.25, 0.3) is 0 Å². The Morgan fingerprint density at radius 3 is 2.62 bits per heavy atom. The number of aryl methyl sites for hydroxylation is 1. The Balaban J connectivity index is 1.70. The first-order valence-corrected chi connectivity index (χ1v) is 5.10. The Morgan fingerprint density at radius 2 is 2.08 bits per heavy atom. The van der Waals surface area contributed by atoms with Crippen molar-refractivity contribution in [2.24, 2.45) is 11.7 Å². The van der Waals surface area contributed by atoms with Gasteiger partial charge in [-0.2, -0.15) is 0 Å². The molecule has 2 atom stereocenters. The second-order valence-electron chi connectivity index (χ2n) is 4.36. The molecule has 1 aromatic rings. The van der Waals surface area contributed by atoms with Gasteiger partial charge in [0.05, 0.1) is 0 Å². The van der Waals surface area contributed by atoms with E-state index in [2.05, 4.69) is 36.0 Å². The number of hydrogen-bond donors (Lipinski definition) is 1. The summed E-state index contributed by atoms with van der Waals surface area (Å²) < 4.78 is 2.22. The average molecular weight is 178 g/mol. The first kappa shape index (κ1) is 8.82. The van der Waals surface area contributed by atoms with Crippen LogP contribution in [0.1, 0.15) is 26.2 Å². The number of rotatable bonds is 4. The third kappa shape index (κ3) is 1.94. The maximum atomic E-state index is 6.12. The van der Waals surface area contributed by atoms with Crippen LogP contribution in [0, 0.1) is 5.92 Å². The highest BCUT2D eigenvalue weighted by atomic mass is 14.9. The predicted molar refractivity (Wildman–Crippen MR) is 54.4 cm³/mol. The van der Waals surface area contributed by atoms with Gasteiger partial charge in [0, 0.05) is 24.5 Å². The molecule has 13 heavy (non-hydrogen) atoms. The van der Waals surface area contributed by atoms with Crippen LogP contribution in [0.3, 0.4) is 0 Å². The Morgan fingerprint density at radius 1 is 1.46 bits per heavy atom. The molecule has 1 aliphatic carbocycles. The zero-order valence-electron chi connectivity index (χ0n) is 8.24. The van der Waals surface area contributed by atoms with Crippen molar-refractivity contribution in [1.29, 1.82) is 0 Å². The van der Waals surface area contributed by atoms with Crippen LogP contribution in [0.2, 0.25) is 0 Å². The normalized spacial score (nSPS) is 32.0. The topological polar surface area (TPSA) is 30.9 Å². The monoisotopic (exact) mass is 178 g/mol. The Bertz CT molecular complexity index is 266. The Hall–Kier alpha value is -0.760. The number of aromatic nitrogens is 1. The van der Waals surface area contributed by atoms with Gasteiger partial charge in [0.1, 0.15) is 0 Å². The van der Waals surface area contributed by atoms with E-state index in [1.54, 1.807) is 0 Å². The fraction of sp³-hybridized carbons (Fsp3) is 0.636. The van der Waals surface area contributed by atoms with Crippen LogP contribution in [-0.4, -0.2) is 10.1 Å². The molecule has 0 aromatic carbocycles. The summed E-state index contributed by atoms with van der Waals surface area (Å²) in [5, 5.41) is 0. The number of nitrogens with zero attached hydrogens (tertiary/aromatic N) is 1. The molecule has 72 valence electrons. The summed E-state index contributed by atoms with van der Waals surface area (Å²) in [7, 11) is 0. The quantitative estimate of drug-likeness (QED) is 0.751. The highest BCUT2D eigenvalue weighted by Gasteiger charge is 2.46. The van der Waals surface area contributed by atoms with Crippen molar-refractivity contribution in [2.75, 3.05) is 0 Å². The van der Waals surface area contributed by atoms with Crippen molar-refractivity contribution < 1.29 is 0 Å². The van der Waals surface area contributed by atoms with Crippen LogP contribution in [-0.2, 0) is 6.54 Å². The molecule has 2 nitrogen and oxygen atoms in total. The molecule has 2 unspecified atom stereocenters. The first-order valence-electron chi connectivity index (χ1n) is 5.10. The zero-order chi connectivity index (χ0) is 9.31. The molecule has 0 aliphatic heterocycles. The highest BCUT2D eigenvalue weighted by molar-refractivity contribution is 5.05. The van der Waals surface area contributed by atoms with E-state index in [0.29, 0.717) is 0 Å². The fourth-order valence-electron chi connectivity index (χ4n) is 1.97. The summed E-state index contributed by atoms with van der Waals surface area (Å²) in [5.41, 5.74) is 6.31. The number of nitrogens with two attached hydrogens (primary N) is 1. The average Bonchev–Trinajstić information content (AvgIpc) is 2.55. The smallest absolute Gasteiger partial charge is 0.0220 e. The van der Waals surface area contributed by atoms with Crippen LogP contribution >= 0.6 is 0 Å². The Kier molecular flexibility index (Phi) is 2.16. The van der Waals surface area contributed by atoms with Crippen molar-refractivity contribution in [3.63, 3.8) is 0 Å². The lowest BCUT2D eigenvalue weighted by Gasteiger charge is -2.09. The Labute approximate surface area is 79.7 Å². The molecule has 1 heterocycles. The predicted octanol–water partition coefficient (Wildman–Crippen LogP) is 2.01. The van der Waals surface area contributed by atoms with Gasteiger partial charge in [-0.1, -0.05) is 6.92 Å². The van der Waals surface area contributed by atoms with Crippen LogP contribution in [0.4, 0.5) is 0 Å². The molecule has 0 amide bonds. The van der Waals surface area contributed by atoms with E-state index in [-0.39, 0.29) is 5.54 Å². The van der Waals surface area contributed by atoms with E-state index in [9.17, 15) is 0 Å². The van der Waals surface area contributed by atoms with Gasteiger partial charge in [-0.05, 0) is 37.3 Å². The summed E-state index contributed by atoms with van der Waals surface area (Å²) in [5.74, 6) is 0.747. The van der Waals surface area contributed by atoms with Crippen molar-refractivity contribution in [3.8, 4) is 0 Å². The molecule has 1 saturated carbocycles. The molecule has 1 aliphatic rings. The van der Waals surface area contributed by atoms with Crippen LogP contribution < -0.4 is 5.73 Å². The minimum atomic E-state index is 0.188. The zero-order valence-corrected chi connectivity index (χ0v) is 8.24. The molecule has 0 radical (unpaired) electrons. The maximum absolute atomic E-state index is 6.12. The molecule has 1 fully saturated rings. The molecule has 2 N–H and O–H groups in total. The lowest BCUT2D eigenvalue weighted by Crippen LogP contribution is -2.24. The van der Waals surface area contributed by atoms with Crippen LogP contribution in [0.5, 0.6) is 0 Å². The molecule has 0 saturated heterocycles. The van der Waals surface area contributed by atoms with Gasteiger partial charge >= 0.3 is 0 Å². The van der Waals surface area contributed by atoms with E-state index < -0.39 is 0 Å². The second kappa shape index (κ2) is 3.18. The van der Waals surface area contributed by atoms with E-state index in [1.807, 2.05) is 0 Å². The maximum Gasteiger partial charge on any atom is 0.0220 e. The first-order chi connectivity index (χ1) is 6.21. The lowest BCUT2D eigenvalue weighted by atomic mass is 10.1. The number of hydrogen-bond acceptors (Lipinski definition) is 1. The summed E-state index contributed by atoms with van der Waals surface area (Å²) in [6, 6.07) is 4.13. The van der Waals surface area contributed by atoms with E-state index >= 15 is 0 Å². The summed E-state index contributed by atoms with van der Waals surface area (Å²) in [6.07, 6.45) is 7.82. The van der Waals surface area contributed by atoms with Crippen molar-refractivity contribution in [1.82, 2.24) is 4.57 Å². The van der Waals surface area contributed by atoms with Gasteiger partial charge in [0.15, 0.2) is 0 Å². The second-order valence-corrected chi connectivity index (χ2v) is 4.36. The SMILES string of the molecule is CC1CC1(N)CCCn1cccc1. The molecular formula is C11H18N2. The van der Waals surface area contributed by atoms with Crippen molar-refractivity contribution in [3.05, 3.63) is 24.5 Å².